The maximum Gasteiger partial charge on any atom is 0.0469 e. The maximum atomic E-state index is 5.79. The molecule has 30 heavy (non-hydrogen) atoms. The molecule has 1 aromatic heterocycles. The number of nitrogens with zero attached hydrogens (tertiary/aromatic N) is 1. The Morgan fingerprint density at radius 3 is 2.67 bits per heavy atom. The average Bonchev–Trinajstić information content (AvgIpc) is 2.99. The molecule has 4 heteroatoms. The van der Waals surface area contributed by atoms with Gasteiger partial charge in [0.15, 0.2) is 0 Å². The van der Waals surface area contributed by atoms with Gasteiger partial charge in [0.05, 0.1) is 0 Å². The van der Waals surface area contributed by atoms with E-state index in [1.54, 1.807) is 6.20 Å². The van der Waals surface area contributed by atoms with Crippen LogP contribution < -0.4 is 21.7 Å². The molecular formula is C26H39N3O. The molecule has 1 unspecified atom stereocenters. The second-order valence-corrected chi connectivity index (χ2v) is 8.01. The highest BCUT2D eigenvalue weighted by Gasteiger charge is 2.13. The summed E-state index contributed by atoms with van der Waals surface area (Å²) in [6.07, 6.45) is 8.85. The van der Waals surface area contributed by atoms with Crippen LogP contribution in [0.3, 0.4) is 0 Å². The second kappa shape index (κ2) is 12.4. The minimum absolute atomic E-state index is 0.297. The highest BCUT2D eigenvalue weighted by Crippen LogP contribution is 2.18. The summed E-state index contributed by atoms with van der Waals surface area (Å²) in [6, 6.07) is 6.79. The highest BCUT2D eigenvalue weighted by atomic mass is 16.5. The third kappa shape index (κ3) is 6.35. The predicted molar refractivity (Wildman–Crippen MR) is 131 cm³/mol. The Balaban J connectivity index is 2.04. The summed E-state index contributed by atoms with van der Waals surface area (Å²) in [5.74, 6) is 0. The first-order chi connectivity index (χ1) is 14.5. The number of fused-ring (bicyclic) bond motifs is 1. The lowest BCUT2D eigenvalue weighted by molar-refractivity contribution is 0.128. The van der Waals surface area contributed by atoms with Gasteiger partial charge in [-0.25, -0.2) is 0 Å². The van der Waals surface area contributed by atoms with Gasteiger partial charge < -0.3 is 20.4 Å². The van der Waals surface area contributed by atoms with Crippen LogP contribution >= 0.6 is 0 Å². The van der Waals surface area contributed by atoms with Crippen LogP contribution in [0.5, 0.6) is 0 Å². The number of benzene rings is 1. The smallest absolute Gasteiger partial charge is 0.0469 e. The molecule has 0 saturated heterocycles. The van der Waals surface area contributed by atoms with E-state index in [-0.39, 0.29) is 0 Å². The summed E-state index contributed by atoms with van der Waals surface area (Å²) in [6.45, 7) is 21.1. The van der Waals surface area contributed by atoms with E-state index >= 15 is 0 Å². The lowest BCUT2D eigenvalue weighted by Gasteiger charge is -2.16. The fraction of sp³-hybridized carbons (Fsp3) is 0.462. The Hall–Kier alpha value is -2.30. The number of rotatable bonds is 15. The van der Waals surface area contributed by atoms with Crippen LogP contribution in [0.4, 0.5) is 0 Å². The molecule has 0 aliphatic heterocycles. The molecule has 1 aromatic carbocycles. The van der Waals surface area contributed by atoms with Crippen LogP contribution in [0, 0.1) is 0 Å². The first-order valence-electron chi connectivity index (χ1n) is 11.1. The molecule has 0 aliphatic carbocycles. The predicted octanol–water partition coefficient (Wildman–Crippen LogP) is 4.13. The first kappa shape index (κ1) is 24.0. The van der Waals surface area contributed by atoms with E-state index in [0.717, 1.165) is 81.1 Å². The second-order valence-electron chi connectivity index (χ2n) is 8.01. The summed E-state index contributed by atoms with van der Waals surface area (Å²) in [4.78, 5) is 0. The van der Waals surface area contributed by atoms with Gasteiger partial charge in [-0.3, -0.25) is 0 Å². The minimum Gasteiger partial charge on any atom is -0.381 e. The van der Waals surface area contributed by atoms with Gasteiger partial charge in [-0.15, -0.1) is 0 Å². The van der Waals surface area contributed by atoms with Crippen LogP contribution in [0.2, 0.25) is 0 Å². The number of nitrogens with one attached hydrogen (secondary N) is 1. The molecular weight excluding hydrogens is 370 g/mol. The Kier molecular flexibility index (Phi) is 9.92. The van der Waals surface area contributed by atoms with Gasteiger partial charge >= 0.3 is 0 Å². The number of unbranched alkanes of at least 4 members (excludes halogenated alkanes) is 2. The Morgan fingerprint density at radius 1 is 1.17 bits per heavy atom. The van der Waals surface area contributed by atoms with Gasteiger partial charge in [0.1, 0.15) is 0 Å². The largest absolute Gasteiger partial charge is 0.381 e. The molecule has 0 fully saturated rings. The molecule has 2 rings (SSSR count). The fourth-order valence-electron chi connectivity index (χ4n) is 4.06. The van der Waals surface area contributed by atoms with Crippen molar-refractivity contribution in [3.8, 4) is 0 Å². The lowest BCUT2D eigenvalue weighted by atomic mass is 10.0. The van der Waals surface area contributed by atoms with Crippen molar-refractivity contribution in [2.24, 2.45) is 5.73 Å². The Labute approximate surface area is 181 Å². The molecule has 0 aliphatic rings. The van der Waals surface area contributed by atoms with Crippen LogP contribution in [-0.4, -0.2) is 24.3 Å². The van der Waals surface area contributed by atoms with Crippen molar-refractivity contribution in [2.45, 2.75) is 57.9 Å². The summed E-state index contributed by atoms with van der Waals surface area (Å²) < 4.78 is 8.07. The zero-order valence-electron chi connectivity index (χ0n) is 18.7. The average molecular weight is 410 g/mol. The molecule has 3 N–H and O–H groups in total. The van der Waals surface area contributed by atoms with E-state index in [9.17, 15) is 0 Å². The quantitative estimate of drug-likeness (QED) is 0.435. The third-order valence-corrected chi connectivity index (χ3v) is 5.67. The molecule has 1 atom stereocenters. The lowest BCUT2D eigenvalue weighted by Crippen LogP contribution is -2.28. The summed E-state index contributed by atoms with van der Waals surface area (Å²) in [5.41, 5.74) is 7.84. The standard InChI is InChI=1S/C26H39N3O/c1-6-28-20(2)15-16-21(3)29-22(4)25-14-10-12-24(26(25)23(29)5)13-11-19-30-18-9-7-8-17-27/h6,10,12,14,21,28H,1-2,4-5,7-9,11,13,15-19,27H2,3H3. The number of hydrogen-bond donors (Lipinski definition) is 2. The summed E-state index contributed by atoms with van der Waals surface area (Å²) >= 11 is 0. The third-order valence-electron chi connectivity index (χ3n) is 5.67. The van der Waals surface area contributed by atoms with Crippen LogP contribution in [0.1, 0.15) is 57.1 Å². The van der Waals surface area contributed by atoms with Crippen molar-refractivity contribution >= 4 is 23.9 Å². The molecule has 0 saturated carbocycles. The van der Waals surface area contributed by atoms with Gasteiger partial charge in [-0.2, -0.15) is 0 Å². The maximum absolute atomic E-state index is 5.79. The molecule has 0 bridgehead atoms. The van der Waals surface area contributed by atoms with E-state index in [0.29, 0.717) is 6.04 Å². The first-order valence-corrected chi connectivity index (χ1v) is 11.1. The van der Waals surface area contributed by atoms with E-state index in [1.165, 1.54) is 16.3 Å². The zero-order chi connectivity index (χ0) is 21.9. The van der Waals surface area contributed by atoms with Crippen molar-refractivity contribution in [3.63, 3.8) is 0 Å². The van der Waals surface area contributed by atoms with Crippen molar-refractivity contribution in [3.05, 3.63) is 59.5 Å². The van der Waals surface area contributed by atoms with E-state index in [4.69, 9.17) is 10.5 Å². The van der Waals surface area contributed by atoms with Gasteiger partial charge in [-0.1, -0.05) is 44.5 Å². The topological polar surface area (TPSA) is 52.2 Å². The van der Waals surface area contributed by atoms with Crippen molar-refractivity contribution in [2.75, 3.05) is 19.8 Å². The van der Waals surface area contributed by atoms with Crippen LogP contribution in [0.25, 0.3) is 23.9 Å². The van der Waals surface area contributed by atoms with Gasteiger partial charge in [0.2, 0.25) is 0 Å². The Bertz CT molecular complexity index is 928. The van der Waals surface area contributed by atoms with E-state index < -0.39 is 0 Å². The number of ether oxygens (including phenoxy) is 1. The van der Waals surface area contributed by atoms with Crippen molar-refractivity contribution in [1.29, 1.82) is 0 Å². The van der Waals surface area contributed by atoms with E-state index in [1.807, 2.05) is 0 Å². The molecule has 0 spiro atoms. The summed E-state index contributed by atoms with van der Waals surface area (Å²) in [7, 11) is 0. The SMILES string of the molecule is C=CNC(=C)CCC(C)n1c(=C)c2cccc(CCCOCCCCCN)c2c1=C. The van der Waals surface area contributed by atoms with E-state index in [2.05, 4.69) is 61.3 Å². The number of aromatic nitrogens is 1. The molecule has 2 aromatic rings. The highest BCUT2D eigenvalue weighted by molar-refractivity contribution is 5.86. The molecule has 1 heterocycles. The van der Waals surface area contributed by atoms with Gasteiger partial charge in [0, 0.05) is 46.4 Å². The monoisotopic (exact) mass is 409 g/mol. The number of allylic oxidation sites excluding steroid dienone is 1. The minimum atomic E-state index is 0.297. The fourth-order valence-corrected chi connectivity index (χ4v) is 4.06. The van der Waals surface area contributed by atoms with Gasteiger partial charge in [0.25, 0.3) is 0 Å². The zero-order valence-corrected chi connectivity index (χ0v) is 18.7. The van der Waals surface area contributed by atoms with Crippen molar-refractivity contribution < 1.29 is 4.74 Å². The van der Waals surface area contributed by atoms with Crippen LogP contribution in [0.15, 0.2) is 43.3 Å². The number of nitrogens with two attached hydrogens (primary N) is 1. The molecule has 164 valence electrons. The van der Waals surface area contributed by atoms with Crippen LogP contribution in [-0.2, 0) is 11.2 Å². The Morgan fingerprint density at radius 2 is 1.93 bits per heavy atom. The number of aryl methyl sites for hydroxylation is 1. The molecule has 0 amide bonds. The number of hydrogen-bond acceptors (Lipinski definition) is 3. The van der Waals surface area contributed by atoms with Gasteiger partial charge in [-0.05, 0) is 70.2 Å². The summed E-state index contributed by atoms with van der Waals surface area (Å²) in [5, 5.41) is 7.63. The molecule has 4 nitrogen and oxygen atoms in total. The van der Waals surface area contributed by atoms with Crippen molar-refractivity contribution in [1.82, 2.24) is 9.88 Å². The normalized spacial score (nSPS) is 12.2. The molecule has 0 radical (unpaired) electrons.